The maximum atomic E-state index is 9.78. The molecule has 3 aromatic rings. The molecule has 0 aliphatic heterocycles. The van der Waals surface area contributed by atoms with Gasteiger partial charge in [-0.05, 0) is 77.7 Å². The molecule has 0 heterocycles. The van der Waals surface area contributed by atoms with Crippen molar-refractivity contribution in [1.82, 2.24) is 5.32 Å². The topological polar surface area (TPSA) is 50.7 Å². The highest BCUT2D eigenvalue weighted by molar-refractivity contribution is 5.98. The van der Waals surface area contributed by atoms with E-state index >= 15 is 0 Å². The van der Waals surface area contributed by atoms with Gasteiger partial charge in [0.05, 0.1) is 7.11 Å². The first-order valence-electron chi connectivity index (χ1n) is 10.2. The molecule has 4 heteroatoms. The molecule has 30 heavy (non-hydrogen) atoms. The first kappa shape index (κ1) is 21.5. The highest BCUT2D eigenvalue weighted by Crippen LogP contribution is 2.36. The molecule has 0 atom stereocenters. The molecule has 0 fully saturated rings. The van der Waals surface area contributed by atoms with Gasteiger partial charge in [-0.1, -0.05) is 43.3 Å². The molecule has 156 valence electrons. The molecule has 0 aliphatic rings. The third-order valence-electron chi connectivity index (χ3n) is 4.99. The number of aromatic hydroxyl groups is 1. The second-order valence-electron chi connectivity index (χ2n) is 6.96. The minimum absolute atomic E-state index is 0.255. The zero-order valence-electron chi connectivity index (χ0n) is 17.8. The standard InChI is InChI=1S/C26H29NO3/c1-4-25(21-6-5-7-24(18-21)29-3)26(19-8-12-22(28)13-9-19)20-10-14-23(15-11-20)30-17-16-27-2/h5-15,18,27-28H,4,16-17H2,1-3H3/b26-25-. The molecule has 0 amide bonds. The van der Waals surface area contributed by atoms with Crippen LogP contribution >= 0.6 is 0 Å². The molecule has 0 saturated heterocycles. The second kappa shape index (κ2) is 10.5. The summed E-state index contributed by atoms with van der Waals surface area (Å²) in [6, 6.07) is 23.7. The van der Waals surface area contributed by atoms with Crippen LogP contribution in [0, 0.1) is 0 Å². The van der Waals surface area contributed by atoms with Gasteiger partial charge < -0.3 is 19.9 Å². The lowest BCUT2D eigenvalue weighted by Crippen LogP contribution is -2.15. The van der Waals surface area contributed by atoms with E-state index in [-0.39, 0.29) is 5.75 Å². The van der Waals surface area contributed by atoms with Crippen LogP contribution in [0.2, 0.25) is 0 Å². The Balaban J connectivity index is 2.10. The number of phenolic OH excluding ortho intramolecular Hbond substituents is 1. The molecule has 2 N–H and O–H groups in total. The smallest absolute Gasteiger partial charge is 0.119 e. The van der Waals surface area contributed by atoms with Crippen LogP contribution < -0.4 is 14.8 Å². The fraction of sp³-hybridized carbons (Fsp3) is 0.231. The third kappa shape index (κ3) is 5.22. The number of allylic oxidation sites excluding steroid dienone is 1. The van der Waals surface area contributed by atoms with Crippen LogP contribution in [0.4, 0.5) is 0 Å². The lowest BCUT2D eigenvalue weighted by Gasteiger charge is -2.17. The van der Waals surface area contributed by atoms with Crippen molar-refractivity contribution < 1.29 is 14.6 Å². The summed E-state index contributed by atoms with van der Waals surface area (Å²) in [5.74, 6) is 1.93. The van der Waals surface area contributed by atoms with Gasteiger partial charge in [-0.15, -0.1) is 0 Å². The summed E-state index contributed by atoms with van der Waals surface area (Å²) in [7, 11) is 3.59. The van der Waals surface area contributed by atoms with Gasteiger partial charge in [0, 0.05) is 6.54 Å². The average molecular weight is 404 g/mol. The minimum Gasteiger partial charge on any atom is -0.508 e. The predicted molar refractivity (Wildman–Crippen MR) is 123 cm³/mol. The number of methoxy groups -OCH3 is 1. The molecule has 3 rings (SSSR count). The van der Waals surface area contributed by atoms with Crippen molar-refractivity contribution in [2.24, 2.45) is 0 Å². The normalized spacial score (nSPS) is 11.7. The number of ether oxygens (including phenoxy) is 2. The number of benzene rings is 3. The molecule has 0 spiro atoms. The van der Waals surface area contributed by atoms with E-state index in [2.05, 4.69) is 36.5 Å². The van der Waals surface area contributed by atoms with E-state index in [0.29, 0.717) is 6.61 Å². The van der Waals surface area contributed by atoms with Crippen LogP contribution in [0.15, 0.2) is 72.8 Å². The van der Waals surface area contributed by atoms with E-state index in [9.17, 15) is 5.11 Å². The summed E-state index contributed by atoms with van der Waals surface area (Å²) in [4.78, 5) is 0. The van der Waals surface area contributed by atoms with Crippen LogP contribution in [0.25, 0.3) is 11.1 Å². The molecule has 3 aromatic carbocycles. The van der Waals surface area contributed by atoms with E-state index < -0.39 is 0 Å². The summed E-state index contributed by atoms with van der Waals surface area (Å²) >= 11 is 0. The summed E-state index contributed by atoms with van der Waals surface area (Å²) < 4.78 is 11.2. The van der Waals surface area contributed by atoms with Gasteiger partial charge in [-0.3, -0.25) is 0 Å². The SMILES string of the molecule is CC/C(=C(\c1ccc(O)cc1)c1ccc(OCCNC)cc1)c1cccc(OC)c1. The minimum atomic E-state index is 0.255. The Morgan fingerprint density at radius 1 is 0.867 bits per heavy atom. The van der Waals surface area contributed by atoms with E-state index in [4.69, 9.17) is 9.47 Å². The lowest BCUT2D eigenvalue weighted by atomic mass is 9.88. The molecule has 0 aliphatic carbocycles. The molecular weight excluding hydrogens is 374 g/mol. The average Bonchev–Trinajstić information content (AvgIpc) is 2.79. The van der Waals surface area contributed by atoms with Crippen LogP contribution in [0.5, 0.6) is 17.2 Å². The summed E-state index contributed by atoms with van der Waals surface area (Å²) in [6.45, 7) is 3.58. The Morgan fingerprint density at radius 3 is 2.13 bits per heavy atom. The first-order chi connectivity index (χ1) is 14.7. The zero-order valence-corrected chi connectivity index (χ0v) is 17.8. The van der Waals surface area contributed by atoms with Crippen molar-refractivity contribution in [3.63, 3.8) is 0 Å². The number of likely N-dealkylation sites (N-methyl/N-ethyl adjacent to an activating group) is 1. The molecule has 0 bridgehead atoms. The highest BCUT2D eigenvalue weighted by atomic mass is 16.5. The Hall–Kier alpha value is -3.24. The number of hydrogen-bond donors (Lipinski definition) is 2. The van der Waals surface area contributed by atoms with Gasteiger partial charge in [0.15, 0.2) is 0 Å². The van der Waals surface area contributed by atoms with Crippen molar-refractivity contribution in [2.45, 2.75) is 13.3 Å². The second-order valence-corrected chi connectivity index (χ2v) is 6.96. The van der Waals surface area contributed by atoms with Gasteiger partial charge in [-0.25, -0.2) is 0 Å². The van der Waals surface area contributed by atoms with E-state index in [1.807, 2.05) is 43.4 Å². The molecule has 0 radical (unpaired) electrons. The van der Waals surface area contributed by atoms with Crippen molar-refractivity contribution in [3.05, 3.63) is 89.5 Å². The van der Waals surface area contributed by atoms with Crippen molar-refractivity contribution in [3.8, 4) is 17.2 Å². The maximum Gasteiger partial charge on any atom is 0.119 e. The Kier molecular flexibility index (Phi) is 7.52. The predicted octanol–water partition coefficient (Wildman–Crippen LogP) is 5.37. The van der Waals surface area contributed by atoms with Crippen LogP contribution in [-0.4, -0.2) is 32.4 Å². The Labute approximate surface area is 178 Å². The quantitative estimate of drug-likeness (QED) is 0.373. The van der Waals surface area contributed by atoms with E-state index in [0.717, 1.165) is 46.7 Å². The van der Waals surface area contributed by atoms with Gasteiger partial charge in [0.2, 0.25) is 0 Å². The first-order valence-corrected chi connectivity index (χ1v) is 10.2. The van der Waals surface area contributed by atoms with Crippen molar-refractivity contribution in [2.75, 3.05) is 27.3 Å². The Bertz CT molecular complexity index is 976. The summed E-state index contributed by atoms with van der Waals surface area (Å²) in [6.07, 6.45) is 0.851. The molecular formula is C26H29NO3. The third-order valence-corrected chi connectivity index (χ3v) is 4.99. The number of phenols is 1. The van der Waals surface area contributed by atoms with Gasteiger partial charge in [-0.2, -0.15) is 0 Å². The fourth-order valence-electron chi connectivity index (χ4n) is 3.47. The molecule has 0 saturated carbocycles. The number of rotatable bonds is 9. The van der Waals surface area contributed by atoms with Gasteiger partial charge in [0.1, 0.15) is 23.9 Å². The van der Waals surface area contributed by atoms with Crippen molar-refractivity contribution >= 4 is 11.1 Å². The number of hydrogen-bond acceptors (Lipinski definition) is 4. The zero-order chi connectivity index (χ0) is 21.3. The summed E-state index contributed by atoms with van der Waals surface area (Å²) in [5, 5.41) is 12.9. The van der Waals surface area contributed by atoms with Gasteiger partial charge in [0.25, 0.3) is 0 Å². The number of nitrogens with one attached hydrogen (secondary N) is 1. The Morgan fingerprint density at radius 2 is 1.53 bits per heavy atom. The summed E-state index contributed by atoms with van der Waals surface area (Å²) in [5.41, 5.74) is 5.61. The monoisotopic (exact) mass is 403 g/mol. The molecule has 0 aromatic heterocycles. The van der Waals surface area contributed by atoms with Crippen LogP contribution in [-0.2, 0) is 0 Å². The van der Waals surface area contributed by atoms with Crippen LogP contribution in [0.1, 0.15) is 30.0 Å². The van der Waals surface area contributed by atoms with Crippen LogP contribution in [0.3, 0.4) is 0 Å². The van der Waals surface area contributed by atoms with E-state index in [1.54, 1.807) is 19.2 Å². The largest absolute Gasteiger partial charge is 0.508 e. The molecule has 4 nitrogen and oxygen atoms in total. The van der Waals surface area contributed by atoms with Crippen molar-refractivity contribution in [1.29, 1.82) is 0 Å². The highest BCUT2D eigenvalue weighted by Gasteiger charge is 2.14. The lowest BCUT2D eigenvalue weighted by molar-refractivity contribution is 0.318. The van der Waals surface area contributed by atoms with Gasteiger partial charge >= 0.3 is 0 Å². The fourth-order valence-corrected chi connectivity index (χ4v) is 3.47. The van der Waals surface area contributed by atoms with E-state index in [1.165, 1.54) is 5.57 Å². The molecule has 0 unspecified atom stereocenters. The maximum absolute atomic E-state index is 9.78.